The molecule has 0 aliphatic heterocycles. The topological polar surface area (TPSA) is 49.5 Å². The molecular formula is C15H24N2O. The van der Waals surface area contributed by atoms with Gasteiger partial charge >= 0.3 is 0 Å². The molecule has 1 atom stereocenters. The molecule has 0 aromatic heterocycles. The van der Waals surface area contributed by atoms with Crippen molar-refractivity contribution in [1.29, 1.82) is 0 Å². The molecule has 1 unspecified atom stereocenters. The van der Waals surface area contributed by atoms with Crippen LogP contribution in [0.4, 0.5) is 5.69 Å². The molecule has 1 aromatic rings. The van der Waals surface area contributed by atoms with Gasteiger partial charge in [0.1, 0.15) is 0 Å². The zero-order valence-corrected chi connectivity index (χ0v) is 11.2. The molecule has 3 N–H and O–H groups in total. The van der Waals surface area contributed by atoms with Gasteiger partial charge < -0.3 is 15.7 Å². The first-order chi connectivity index (χ1) is 8.74. The monoisotopic (exact) mass is 248 g/mol. The lowest BCUT2D eigenvalue weighted by atomic mass is 10.0. The van der Waals surface area contributed by atoms with Crippen LogP contribution in [0.1, 0.15) is 44.2 Å². The van der Waals surface area contributed by atoms with Crippen LogP contribution in [0.2, 0.25) is 0 Å². The fourth-order valence-corrected chi connectivity index (χ4v) is 2.96. The molecule has 1 saturated carbocycles. The summed E-state index contributed by atoms with van der Waals surface area (Å²) in [5.41, 5.74) is 8.44. The number of benzene rings is 1. The van der Waals surface area contributed by atoms with E-state index in [1.165, 1.54) is 36.9 Å². The van der Waals surface area contributed by atoms with Gasteiger partial charge in [0.15, 0.2) is 0 Å². The van der Waals surface area contributed by atoms with Gasteiger partial charge in [0, 0.05) is 24.3 Å². The molecule has 2 rings (SSSR count). The van der Waals surface area contributed by atoms with Crippen LogP contribution < -0.4 is 10.6 Å². The van der Waals surface area contributed by atoms with Crippen molar-refractivity contribution in [3.8, 4) is 0 Å². The summed E-state index contributed by atoms with van der Waals surface area (Å²) in [5, 5.41) is 9.31. The van der Waals surface area contributed by atoms with Crippen molar-refractivity contribution in [3.63, 3.8) is 0 Å². The number of hydrogen-bond donors (Lipinski definition) is 2. The molecular weight excluding hydrogens is 224 g/mol. The SMILES string of the molecule is CC(N)c1ccccc1N(CCO)C1CCCC1. The van der Waals surface area contributed by atoms with E-state index in [0.29, 0.717) is 12.6 Å². The van der Waals surface area contributed by atoms with Crippen LogP contribution in [-0.4, -0.2) is 24.3 Å². The van der Waals surface area contributed by atoms with Crippen LogP contribution >= 0.6 is 0 Å². The van der Waals surface area contributed by atoms with Crippen molar-refractivity contribution in [1.82, 2.24) is 0 Å². The molecule has 1 fully saturated rings. The smallest absolute Gasteiger partial charge is 0.0606 e. The molecule has 0 radical (unpaired) electrons. The summed E-state index contributed by atoms with van der Waals surface area (Å²) in [4.78, 5) is 2.35. The molecule has 0 heterocycles. The minimum Gasteiger partial charge on any atom is -0.395 e. The summed E-state index contributed by atoms with van der Waals surface area (Å²) in [6.45, 7) is 2.92. The second-order valence-electron chi connectivity index (χ2n) is 5.20. The van der Waals surface area contributed by atoms with Gasteiger partial charge in [-0.1, -0.05) is 31.0 Å². The molecule has 18 heavy (non-hydrogen) atoms. The van der Waals surface area contributed by atoms with E-state index in [1.807, 2.05) is 13.0 Å². The van der Waals surface area contributed by atoms with Gasteiger partial charge in [-0.15, -0.1) is 0 Å². The lowest BCUT2D eigenvalue weighted by molar-refractivity contribution is 0.297. The molecule has 1 aliphatic rings. The minimum absolute atomic E-state index is 0.0313. The van der Waals surface area contributed by atoms with Crippen molar-refractivity contribution in [2.75, 3.05) is 18.1 Å². The third-order valence-corrected chi connectivity index (χ3v) is 3.84. The first-order valence-electron chi connectivity index (χ1n) is 6.96. The first-order valence-corrected chi connectivity index (χ1v) is 6.96. The third-order valence-electron chi connectivity index (χ3n) is 3.84. The van der Waals surface area contributed by atoms with Gasteiger partial charge in [0.25, 0.3) is 0 Å². The maximum absolute atomic E-state index is 9.31. The van der Waals surface area contributed by atoms with Crippen LogP contribution in [0.3, 0.4) is 0 Å². The lowest BCUT2D eigenvalue weighted by Crippen LogP contribution is -2.36. The second-order valence-corrected chi connectivity index (χ2v) is 5.20. The van der Waals surface area contributed by atoms with Gasteiger partial charge in [0.05, 0.1) is 6.61 Å². The van der Waals surface area contributed by atoms with E-state index in [1.54, 1.807) is 0 Å². The summed E-state index contributed by atoms with van der Waals surface area (Å²) in [6.07, 6.45) is 5.06. The Morgan fingerprint density at radius 1 is 1.33 bits per heavy atom. The van der Waals surface area contributed by atoms with Gasteiger partial charge in [0.2, 0.25) is 0 Å². The zero-order chi connectivity index (χ0) is 13.0. The van der Waals surface area contributed by atoms with Crippen LogP contribution in [0, 0.1) is 0 Å². The molecule has 3 heteroatoms. The number of aliphatic hydroxyl groups excluding tert-OH is 1. The third kappa shape index (κ3) is 2.85. The number of para-hydroxylation sites is 1. The van der Waals surface area contributed by atoms with Gasteiger partial charge in [-0.05, 0) is 31.4 Å². The van der Waals surface area contributed by atoms with Crippen molar-refractivity contribution < 1.29 is 5.11 Å². The van der Waals surface area contributed by atoms with Crippen molar-refractivity contribution >= 4 is 5.69 Å². The molecule has 0 bridgehead atoms. The average Bonchev–Trinajstić information content (AvgIpc) is 2.89. The molecule has 0 amide bonds. The van der Waals surface area contributed by atoms with E-state index in [4.69, 9.17) is 5.73 Å². The Kier molecular flexibility index (Phi) is 4.61. The molecule has 0 saturated heterocycles. The predicted molar refractivity (Wildman–Crippen MR) is 75.7 cm³/mol. The molecule has 1 aromatic carbocycles. The van der Waals surface area contributed by atoms with Crippen LogP contribution in [0.15, 0.2) is 24.3 Å². The van der Waals surface area contributed by atoms with Crippen molar-refractivity contribution in [2.45, 2.75) is 44.7 Å². The maximum Gasteiger partial charge on any atom is 0.0606 e. The number of hydrogen-bond acceptors (Lipinski definition) is 3. The number of aliphatic hydroxyl groups is 1. The van der Waals surface area contributed by atoms with Crippen LogP contribution in [0.5, 0.6) is 0 Å². The Bertz CT molecular complexity index is 373. The Hall–Kier alpha value is -1.06. The first kappa shape index (κ1) is 13.4. The average molecular weight is 248 g/mol. The molecule has 100 valence electrons. The van der Waals surface area contributed by atoms with E-state index in [-0.39, 0.29) is 12.6 Å². The largest absolute Gasteiger partial charge is 0.395 e. The second kappa shape index (κ2) is 6.21. The molecule has 0 spiro atoms. The van der Waals surface area contributed by atoms with Gasteiger partial charge in [-0.2, -0.15) is 0 Å². The fraction of sp³-hybridized carbons (Fsp3) is 0.600. The highest BCUT2D eigenvalue weighted by Gasteiger charge is 2.24. The highest BCUT2D eigenvalue weighted by Crippen LogP contribution is 2.32. The highest BCUT2D eigenvalue weighted by atomic mass is 16.3. The number of nitrogens with two attached hydrogens (primary N) is 1. The Balaban J connectivity index is 2.29. The van der Waals surface area contributed by atoms with Gasteiger partial charge in [-0.25, -0.2) is 0 Å². The quantitative estimate of drug-likeness (QED) is 0.841. The standard InChI is InChI=1S/C15H24N2O/c1-12(16)14-8-4-5-9-15(14)17(10-11-18)13-6-2-3-7-13/h4-5,8-9,12-13,18H,2-3,6-7,10-11,16H2,1H3. The Morgan fingerprint density at radius 3 is 2.61 bits per heavy atom. The summed E-state index contributed by atoms with van der Waals surface area (Å²) >= 11 is 0. The summed E-state index contributed by atoms with van der Waals surface area (Å²) in [6, 6.07) is 8.92. The summed E-state index contributed by atoms with van der Waals surface area (Å²) in [7, 11) is 0. The Morgan fingerprint density at radius 2 is 2.00 bits per heavy atom. The number of anilines is 1. The van der Waals surface area contributed by atoms with E-state index in [2.05, 4.69) is 23.1 Å². The number of nitrogens with zero attached hydrogens (tertiary/aromatic N) is 1. The van der Waals surface area contributed by atoms with Crippen molar-refractivity contribution in [3.05, 3.63) is 29.8 Å². The van der Waals surface area contributed by atoms with E-state index in [0.717, 1.165) is 0 Å². The van der Waals surface area contributed by atoms with Crippen LogP contribution in [-0.2, 0) is 0 Å². The van der Waals surface area contributed by atoms with E-state index in [9.17, 15) is 5.11 Å². The number of rotatable bonds is 5. The fourth-order valence-electron chi connectivity index (χ4n) is 2.96. The minimum atomic E-state index is 0.0313. The van der Waals surface area contributed by atoms with Crippen LogP contribution in [0.25, 0.3) is 0 Å². The lowest BCUT2D eigenvalue weighted by Gasteiger charge is -2.33. The maximum atomic E-state index is 9.31. The summed E-state index contributed by atoms with van der Waals surface area (Å²) < 4.78 is 0. The normalized spacial score (nSPS) is 17.9. The molecule has 1 aliphatic carbocycles. The van der Waals surface area contributed by atoms with E-state index < -0.39 is 0 Å². The highest BCUT2D eigenvalue weighted by molar-refractivity contribution is 5.55. The predicted octanol–water partition coefficient (Wildman–Crippen LogP) is 2.45. The Labute approximate surface area is 110 Å². The molecule has 3 nitrogen and oxygen atoms in total. The van der Waals surface area contributed by atoms with E-state index >= 15 is 0 Å². The zero-order valence-electron chi connectivity index (χ0n) is 11.2. The van der Waals surface area contributed by atoms with Gasteiger partial charge in [-0.3, -0.25) is 0 Å². The van der Waals surface area contributed by atoms with Crippen molar-refractivity contribution in [2.24, 2.45) is 5.73 Å². The summed E-state index contributed by atoms with van der Waals surface area (Å²) in [5.74, 6) is 0.